The summed E-state index contributed by atoms with van der Waals surface area (Å²) in [6.45, 7) is 2.93. The molecule has 48 heavy (non-hydrogen) atoms. The van der Waals surface area contributed by atoms with Crippen molar-refractivity contribution in [2.75, 3.05) is 16.8 Å². The number of ether oxygens (including phenoxy) is 1. The molecule has 11 heteroatoms. The molecule has 3 aromatic heterocycles. The minimum Gasteiger partial charge on any atom is -0.473 e. The zero-order valence-electron chi connectivity index (χ0n) is 26.1. The van der Waals surface area contributed by atoms with E-state index in [1.54, 1.807) is 11.4 Å². The van der Waals surface area contributed by atoms with Crippen LogP contribution in [-0.4, -0.2) is 38.1 Å². The zero-order valence-corrected chi connectivity index (χ0v) is 26.1. The molecule has 1 amide bonds. The highest BCUT2D eigenvalue weighted by atomic mass is 19.1. The Morgan fingerprint density at radius 3 is 2.25 bits per heavy atom. The first kappa shape index (κ1) is 30.4. The van der Waals surface area contributed by atoms with E-state index in [1.165, 1.54) is 6.07 Å². The Hall–Kier alpha value is -6.28. The first-order chi connectivity index (χ1) is 23.5. The Labute approximate surface area is 276 Å². The van der Waals surface area contributed by atoms with E-state index in [0.29, 0.717) is 35.9 Å². The number of benzene rings is 3. The van der Waals surface area contributed by atoms with Crippen LogP contribution in [0.5, 0.6) is 5.88 Å². The van der Waals surface area contributed by atoms with Crippen LogP contribution in [-0.2, 0) is 19.6 Å². The van der Waals surface area contributed by atoms with Gasteiger partial charge in [-0.05, 0) is 29.7 Å². The number of carbonyl (C=O) groups excluding carboxylic acids is 1. The predicted octanol–water partition coefficient (Wildman–Crippen LogP) is 6.13. The van der Waals surface area contributed by atoms with E-state index in [1.807, 2.05) is 66.7 Å². The third kappa shape index (κ3) is 6.11. The quantitative estimate of drug-likeness (QED) is 0.224. The van der Waals surface area contributed by atoms with Gasteiger partial charge >= 0.3 is 0 Å². The van der Waals surface area contributed by atoms with Gasteiger partial charge in [-0.25, -0.2) is 14.4 Å². The van der Waals surface area contributed by atoms with Crippen molar-refractivity contribution in [2.45, 2.75) is 32.7 Å². The minimum absolute atomic E-state index is 0.0499. The van der Waals surface area contributed by atoms with Gasteiger partial charge in [0, 0.05) is 25.2 Å². The lowest BCUT2D eigenvalue weighted by atomic mass is 10.0. The van der Waals surface area contributed by atoms with E-state index in [9.17, 15) is 14.4 Å². The van der Waals surface area contributed by atoms with Gasteiger partial charge in [0.1, 0.15) is 35.2 Å². The van der Waals surface area contributed by atoms with Gasteiger partial charge in [0.15, 0.2) is 11.3 Å². The maximum Gasteiger partial charge on any atom is 0.258 e. The first-order valence-electron chi connectivity index (χ1n) is 15.6. The van der Waals surface area contributed by atoms with Gasteiger partial charge in [-0.1, -0.05) is 91.0 Å². The molecule has 0 spiro atoms. The third-order valence-electron chi connectivity index (χ3n) is 8.07. The van der Waals surface area contributed by atoms with Gasteiger partial charge in [-0.2, -0.15) is 14.9 Å². The Morgan fingerprint density at radius 1 is 0.958 bits per heavy atom. The number of nitriles is 1. The summed E-state index contributed by atoms with van der Waals surface area (Å²) >= 11 is 0. The molecule has 1 aliphatic rings. The van der Waals surface area contributed by atoms with Crippen LogP contribution in [0.4, 0.5) is 16.0 Å². The number of fused-ring (bicyclic) bond motifs is 2. The Balaban J connectivity index is 1.53. The molecular formula is C37H31FN8O2. The number of hydrogen-bond acceptors (Lipinski definition) is 8. The largest absolute Gasteiger partial charge is 0.473 e. The van der Waals surface area contributed by atoms with Crippen molar-refractivity contribution in [2.24, 2.45) is 0 Å². The fourth-order valence-electron chi connectivity index (χ4n) is 5.86. The van der Waals surface area contributed by atoms with Gasteiger partial charge in [0.2, 0.25) is 5.88 Å². The number of halogens is 1. The molecule has 0 saturated heterocycles. The molecule has 2 bridgehead atoms. The number of anilines is 2. The van der Waals surface area contributed by atoms with Crippen molar-refractivity contribution in [1.82, 2.24) is 24.9 Å². The molecule has 0 radical (unpaired) electrons. The van der Waals surface area contributed by atoms with Gasteiger partial charge in [-0.3, -0.25) is 4.79 Å². The lowest BCUT2D eigenvalue weighted by molar-refractivity contribution is 0.0931. The Kier molecular flexibility index (Phi) is 8.36. The van der Waals surface area contributed by atoms with E-state index < -0.39 is 17.8 Å². The number of nitrogens with zero attached hydrogens (tertiary/aromatic N) is 6. The summed E-state index contributed by atoms with van der Waals surface area (Å²) in [5.41, 5.74) is 4.27. The smallest absolute Gasteiger partial charge is 0.258 e. The van der Waals surface area contributed by atoms with Crippen molar-refractivity contribution in [3.8, 4) is 23.1 Å². The Morgan fingerprint density at radius 2 is 1.60 bits per heavy atom. The summed E-state index contributed by atoms with van der Waals surface area (Å²) in [6, 6.07) is 33.3. The van der Waals surface area contributed by atoms with E-state index in [-0.39, 0.29) is 35.9 Å². The first-order valence-corrected chi connectivity index (χ1v) is 15.6. The molecule has 4 heterocycles. The molecule has 0 unspecified atom stereocenters. The molecule has 2 N–H and O–H groups in total. The molecular weight excluding hydrogens is 607 g/mol. The van der Waals surface area contributed by atoms with Crippen molar-refractivity contribution in [1.29, 1.82) is 5.26 Å². The van der Waals surface area contributed by atoms with Crippen LogP contribution < -0.4 is 20.3 Å². The lowest BCUT2D eigenvalue weighted by Gasteiger charge is -2.29. The summed E-state index contributed by atoms with van der Waals surface area (Å²) in [5.74, 6) is 0.247. The van der Waals surface area contributed by atoms with Crippen molar-refractivity contribution in [3.05, 3.63) is 137 Å². The number of carbonyl (C=O) groups is 1. The highest BCUT2D eigenvalue weighted by Gasteiger charge is 2.30. The molecule has 0 aliphatic carbocycles. The molecule has 1 atom stereocenters. The molecule has 10 nitrogen and oxygen atoms in total. The number of pyridine rings is 1. The fourth-order valence-corrected chi connectivity index (χ4v) is 5.86. The highest BCUT2D eigenvalue weighted by molar-refractivity contribution is 6.03. The fraction of sp³-hybridized carbons (Fsp3) is 0.162. The number of amides is 1. The summed E-state index contributed by atoms with van der Waals surface area (Å²) in [4.78, 5) is 25.2. The van der Waals surface area contributed by atoms with Crippen molar-refractivity contribution < 1.29 is 13.9 Å². The van der Waals surface area contributed by atoms with E-state index in [2.05, 4.69) is 50.9 Å². The molecule has 6 aromatic rings. The average molecular weight is 639 g/mol. The molecule has 3 aromatic carbocycles. The van der Waals surface area contributed by atoms with E-state index in [0.717, 1.165) is 22.9 Å². The summed E-state index contributed by atoms with van der Waals surface area (Å²) in [5, 5.41) is 21.3. The van der Waals surface area contributed by atoms with Crippen LogP contribution in [0, 0.1) is 17.1 Å². The molecule has 0 saturated carbocycles. The summed E-state index contributed by atoms with van der Waals surface area (Å²) in [7, 11) is 0. The number of rotatable bonds is 6. The number of aromatic nitrogens is 4. The van der Waals surface area contributed by atoms with Crippen LogP contribution in [0.15, 0.2) is 103 Å². The predicted molar refractivity (Wildman–Crippen MR) is 180 cm³/mol. The Bertz CT molecular complexity index is 2090. The third-order valence-corrected chi connectivity index (χ3v) is 8.07. The summed E-state index contributed by atoms with van der Waals surface area (Å²) < 4.78 is 22.2. The van der Waals surface area contributed by atoms with Crippen LogP contribution in [0.2, 0.25) is 0 Å². The number of nitrogens with one attached hydrogen (secondary N) is 2. The van der Waals surface area contributed by atoms with Crippen LogP contribution in [0.1, 0.15) is 39.7 Å². The van der Waals surface area contributed by atoms with Crippen LogP contribution >= 0.6 is 0 Å². The second-order valence-electron chi connectivity index (χ2n) is 11.5. The second-order valence-corrected chi connectivity index (χ2v) is 11.5. The molecule has 238 valence electrons. The zero-order chi connectivity index (χ0) is 33.0. The second kappa shape index (κ2) is 13.2. The van der Waals surface area contributed by atoms with Crippen molar-refractivity contribution >= 4 is 23.2 Å². The van der Waals surface area contributed by atoms with Crippen LogP contribution in [0.3, 0.4) is 0 Å². The highest BCUT2D eigenvalue weighted by Crippen LogP contribution is 2.40. The summed E-state index contributed by atoms with van der Waals surface area (Å²) in [6.07, 6.45) is 0.587. The van der Waals surface area contributed by atoms with Gasteiger partial charge in [-0.15, -0.1) is 0 Å². The monoisotopic (exact) mass is 638 g/mol. The topological polar surface area (TPSA) is 120 Å². The average Bonchev–Trinajstić information content (AvgIpc) is 3.49. The molecule has 0 fully saturated rings. The van der Waals surface area contributed by atoms with E-state index in [4.69, 9.17) is 14.8 Å². The van der Waals surface area contributed by atoms with Gasteiger partial charge < -0.3 is 20.3 Å². The minimum atomic E-state index is -0.516. The lowest BCUT2D eigenvalue weighted by Crippen LogP contribution is -2.34. The number of hydrogen-bond donors (Lipinski definition) is 2. The molecule has 7 rings (SSSR count). The standard InChI is InChI=1S/C37H31FN8O2/c1-24-19-41-35(47)32-30(18-39)44-46-34(32)43-33(40-20-28-17-29(38)21-42-36(28)48-24)31(27-15-9-4-10-16-27)37(46)45(22-25-11-5-2-6-12-25)23-26-13-7-3-8-14-26/h2-17,21,24H,19-20,22-23H2,1H3,(H,40,43)(H,41,47)/t24-/m0/s1. The molecule has 1 aliphatic heterocycles. The van der Waals surface area contributed by atoms with E-state index >= 15 is 0 Å². The normalized spacial score (nSPS) is 14.4. The van der Waals surface area contributed by atoms with Gasteiger partial charge in [0.25, 0.3) is 5.91 Å². The SMILES string of the molecule is C[C@H]1CNC(=O)c2c(C#N)nn3c(N(Cc4ccccc4)Cc4ccccc4)c(-c4ccccc4)c(nc23)NCc2cc(F)cnc2O1. The van der Waals surface area contributed by atoms with Crippen LogP contribution in [0.25, 0.3) is 16.8 Å². The maximum absolute atomic E-state index is 14.5. The maximum atomic E-state index is 14.5. The van der Waals surface area contributed by atoms with Gasteiger partial charge in [0.05, 0.1) is 18.3 Å². The van der Waals surface area contributed by atoms with Crippen molar-refractivity contribution in [3.63, 3.8) is 0 Å².